The van der Waals surface area contributed by atoms with Gasteiger partial charge in [-0.05, 0) is 0 Å². The molecule has 0 aromatic carbocycles. The smallest absolute Gasteiger partial charge is 0.412 e. The molecule has 0 bridgehead atoms. The summed E-state index contributed by atoms with van der Waals surface area (Å²) in [5.74, 6) is 0. The van der Waals surface area contributed by atoms with Gasteiger partial charge in [0.15, 0.2) is 6.29 Å². The molecule has 0 aliphatic rings. The second-order valence-electron chi connectivity index (χ2n) is 2.96. The van der Waals surface area contributed by atoms with Crippen molar-refractivity contribution in [2.45, 2.75) is 24.4 Å². The van der Waals surface area contributed by atoms with E-state index in [0.29, 0.717) is 0 Å². The number of aliphatic hydroxyl groups is 4. The average molecular weight is 317 g/mol. The molecule has 8 N–H and O–H groups in total. The van der Waals surface area contributed by atoms with Crippen LogP contribution < -0.4 is 0 Å². The Morgan fingerprint density at radius 3 is 1.89 bits per heavy atom. The predicted octanol–water partition coefficient (Wildman–Crippen LogP) is -4.47. The van der Waals surface area contributed by atoms with E-state index in [1.54, 1.807) is 0 Å². The van der Waals surface area contributed by atoms with Gasteiger partial charge in [0.1, 0.15) is 24.4 Å². The molecule has 12 heteroatoms. The molecule has 4 atom stereocenters. The number of aldehydes is 1. The third-order valence-corrected chi connectivity index (χ3v) is 2.13. The van der Waals surface area contributed by atoms with Crippen molar-refractivity contribution in [1.82, 2.24) is 0 Å². The number of hydrogen-bond donors (Lipinski definition) is 6. The van der Waals surface area contributed by atoms with Crippen molar-refractivity contribution < 1.29 is 49.6 Å². The van der Waals surface area contributed by atoms with E-state index in [9.17, 15) is 9.36 Å². The van der Waals surface area contributed by atoms with Crippen LogP contribution in [0.4, 0.5) is 0 Å². The SMILES string of the molecule is O.O=C[C@H](O)[C@@H](O)[C@H](O)[C@H](O)COP(=O)(O)O.[K]. The van der Waals surface area contributed by atoms with Gasteiger partial charge in [0, 0.05) is 51.4 Å². The molecule has 0 rings (SSSR count). The summed E-state index contributed by atoms with van der Waals surface area (Å²) in [6.45, 7) is -0.964. The van der Waals surface area contributed by atoms with Crippen LogP contribution in [0.1, 0.15) is 0 Å². The molecule has 0 amide bonds. The minimum Gasteiger partial charge on any atom is -0.412 e. The van der Waals surface area contributed by atoms with E-state index in [1.807, 2.05) is 0 Å². The molecular formula is C6H15KO10P. The Morgan fingerprint density at radius 1 is 1.11 bits per heavy atom. The molecule has 0 aliphatic heterocycles. The molecule has 18 heavy (non-hydrogen) atoms. The van der Waals surface area contributed by atoms with E-state index < -0.39 is 38.8 Å². The van der Waals surface area contributed by atoms with Crippen molar-refractivity contribution in [3.05, 3.63) is 0 Å². The zero-order chi connectivity index (χ0) is 12.9. The summed E-state index contributed by atoms with van der Waals surface area (Å²) in [7, 11) is -4.80. The van der Waals surface area contributed by atoms with Crippen molar-refractivity contribution in [2.75, 3.05) is 6.61 Å². The minimum atomic E-state index is -4.80. The van der Waals surface area contributed by atoms with Gasteiger partial charge in [0.05, 0.1) is 6.61 Å². The van der Waals surface area contributed by atoms with Crippen LogP contribution in [-0.2, 0) is 13.9 Å². The summed E-state index contributed by atoms with van der Waals surface area (Å²) >= 11 is 0. The van der Waals surface area contributed by atoms with E-state index in [1.165, 1.54) is 0 Å². The number of carbonyl (C=O) groups is 1. The Bertz CT molecular complexity index is 269. The second kappa shape index (κ2) is 10.9. The van der Waals surface area contributed by atoms with Gasteiger partial charge in [0.2, 0.25) is 0 Å². The van der Waals surface area contributed by atoms with Crippen molar-refractivity contribution >= 4 is 65.5 Å². The Balaban J connectivity index is -0.00000112. The number of aliphatic hydroxyl groups excluding tert-OH is 4. The summed E-state index contributed by atoms with van der Waals surface area (Å²) in [4.78, 5) is 26.6. The van der Waals surface area contributed by atoms with Crippen molar-refractivity contribution in [1.29, 1.82) is 0 Å². The minimum absolute atomic E-state index is 0. The summed E-state index contributed by atoms with van der Waals surface area (Å²) < 4.78 is 14.1. The number of hydrogen-bond acceptors (Lipinski definition) is 7. The second-order valence-corrected chi connectivity index (χ2v) is 4.20. The monoisotopic (exact) mass is 317 g/mol. The molecule has 0 aromatic heterocycles. The number of rotatable bonds is 7. The van der Waals surface area contributed by atoms with Gasteiger partial charge in [0.25, 0.3) is 0 Å². The molecule has 0 spiro atoms. The van der Waals surface area contributed by atoms with E-state index in [2.05, 4.69) is 4.52 Å². The number of phosphoric ester groups is 1. The van der Waals surface area contributed by atoms with Crippen LogP contribution >= 0.6 is 7.82 Å². The first-order valence-electron chi connectivity index (χ1n) is 4.06. The Hall–Kier alpha value is 1.22. The van der Waals surface area contributed by atoms with Crippen LogP contribution in [0.25, 0.3) is 0 Å². The standard InChI is InChI=1S/C6H13O9P.K.H2O/c7-1-3(8)5(10)6(11)4(9)2-15-16(12,13)14;;/h1,3-6,8-11H,2H2,(H2,12,13,14);;1H2/t3-,4+,5+,6+;;/m0../s1. The number of phosphoric acid groups is 1. The summed E-state index contributed by atoms with van der Waals surface area (Å²) in [5.41, 5.74) is 0. The molecule has 10 nitrogen and oxygen atoms in total. The third-order valence-electron chi connectivity index (χ3n) is 1.65. The van der Waals surface area contributed by atoms with Crippen LogP contribution in [0.15, 0.2) is 0 Å². The molecule has 0 saturated heterocycles. The van der Waals surface area contributed by atoms with Gasteiger partial charge in [-0.25, -0.2) is 4.57 Å². The fraction of sp³-hybridized carbons (Fsp3) is 0.833. The zero-order valence-electron chi connectivity index (χ0n) is 9.45. The third kappa shape index (κ3) is 10.1. The molecule has 0 saturated carbocycles. The van der Waals surface area contributed by atoms with Gasteiger partial charge in [-0.2, -0.15) is 0 Å². The van der Waals surface area contributed by atoms with Gasteiger partial charge in [-0.3, -0.25) is 4.52 Å². The topological polar surface area (TPSA) is 196 Å². The van der Waals surface area contributed by atoms with Crippen LogP contribution in [0.3, 0.4) is 0 Å². The zero-order valence-corrected chi connectivity index (χ0v) is 13.5. The molecule has 0 unspecified atom stereocenters. The fourth-order valence-corrected chi connectivity index (χ4v) is 1.13. The van der Waals surface area contributed by atoms with Crippen LogP contribution in [0, 0.1) is 0 Å². The first-order valence-corrected chi connectivity index (χ1v) is 5.59. The van der Waals surface area contributed by atoms with Gasteiger partial charge in [-0.1, -0.05) is 0 Å². The van der Waals surface area contributed by atoms with Crippen LogP contribution in [0.2, 0.25) is 0 Å². The molecule has 105 valence electrons. The van der Waals surface area contributed by atoms with Crippen molar-refractivity contribution in [3.8, 4) is 0 Å². The van der Waals surface area contributed by atoms with Gasteiger partial charge >= 0.3 is 7.82 Å². The largest absolute Gasteiger partial charge is 0.469 e. The molecule has 0 aliphatic carbocycles. The molecule has 1 radical (unpaired) electrons. The van der Waals surface area contributed by atoms with Crippen LogP contribution in [-0.4, -0.2) is 124 Å². The summed E-state index contributed by atoms with van der Waals surface area (Å²) in [6.07, 6.45) is -7.80. The maximum Gasteiger partial charge on any atom is 0.469 e. The maximum absolute atomic E-state index is 10.2. The van der Waals surface area contributed by atoms with Crippen LogP contribution in [0.5, 0.6) is 0 Å². The Kier molecular flexibility index (Phi) is 14.7. The summed E-state index contributed by atoms with van der Waals surface area (Å²) in [6, 6.07) is 0. The predicted molar refractivity (Wildman–Crippen MR) is 57.5 cm³/mol. The fourth-order valence-electron chi connectivity index (χ4n) is 0.782. The Labute approximate surface area is 145 Å². The maximum atomic E-state index is 10.2. The van der Waals surface area contributed by atoms with E-state index in [-0.39, 0.29) is 63.1 Å². The average Bonchev–Trinajstić information content (AvgIpc) is 2.21. The van der Waals surface area contributed by atoms with Crippen molar-refractivity contribution in [2.24, 2.45) is 0 Å². The Morgan fingerprint density at radius 2 is 1.56 bits per heavy atom. The molecule has 0 aromatic rings. The quantitative estimate of drug-likeness (QED) is 0.152. The van der Waals surface area contributed by atoms with E-state index >= 15 is 0 Å². The normalized spacial score (nSPS) is 17.7. The first kappa shape index (κ1) is 24.2. The van der Waals surface area contributed by atoms with E-state index in [0.717, 1.165) is 0 Å². The van der Waals surface area contributed by atoms with Gasteiger partial charge in [-0.15, -0.1) is 0 Å². The van der Waals surface area contributed by atoms with Gasteiger partial charge < -0.3 is 40.5 Å². The molecule has 0 fully saturated rings. The van der Waals surface area contributed by atoms with Crippen molar-refractivity contribution in [3.63, 3.8) is 0 Å². The summed E-state index contributed by atoms with van der Waals surface area (Å²) in [5, 5.41) is 36.1. The number of carbonyl (C=O) groups excluding carboxylic acids is 1. The van der Waals surface area contributed by atoms with E-state index in [4.69, 9.17) is 30.2 Å². The molecular weight excluding hydrogens is 302 g/mol. The first-order chi connectivity index (χ1) is 7.19. The molecule has 0 heterocycles.